The summed E-state index contributed by atoms with van der Waals surface area (Å²) in [5.74, 6) is -1.11. The molecule has 2 rings (SSSR count). The molecule has 6 heteroatoms. The van der Waals surface area contributed by atoms with Crippen LogP contribution in [0.4, 0.5) is 0 Å². The van der Waals surface area contributed by atoms with E-state index < -0.39 is 11.9 Å². The molecule has 1 N–H and O–H groups in total. The molecular formula is C23H26ClNO4. The van der Waals surface area contributed by atoms with Gasteiger partial charge in [0.05, 0.1) is 12.5 Å². The zero-order valence-corrected chi connectivity index (χ0v) is 17.5. The third-order valence-corrected chi connectivity index (χ3v) is 4.70. The van der Waals surface area contributed by atoms with Crippen molar-refractivity contribution in [3.8, 4) is 0 Å². The van der Waals surface area contributed by atoms with Crippen LogP contribution < -0.4 is 5.32 Å². The molecule has 2 aromatic rings. The van der Waals surface area contributed by atoms with Gasteiger partial charge < -0.3 is 10.1 Å². The highest BCUT2D eigenvalue weighted by molar-refractivity contribution is 6.30. The molecule has 0 aromatic heterocycles. The second-order valence-electron chi connectivity index (χ2n) is 6.87. The fourth-order valence-electron chi connectivity index (χ4n) is 2.87. The average Bonchev–Trinajstić information content (AvgIpc) is 2.71. The van der Waals surface area contributed by atoms with Crippen molar-refractivity contribution in [1.29, 1.82) is 0 Å². The predicted molar refractivity (Wildman–Crippen MR) is 113 cm³/mol. The van der Waals surface area contributed by atoms with Crippen molar-refractivity contribution in [2.75, 3.05) is 6.61 Å². The van der Waals surface area contributed by atoms with E-state index in [1.54, 1.807) is 30.3 Å². The summed E-state index contributed by atoms with van der Waals surface area (Å²) in [6, 6.07) is 14.3. The lowest BCUT2D eigenvalue weighted by atomic mass is 10.0. The van der Waals surface area contributed by atoms with Crippen LogP contribution in [0, 0.1) is 0 Å². The molecule has 0 aliphatic rings. The number of amides is 1. The lowest BCUT2D eigenvalue weighted by Crippen LogP contribution is -2.31. The number of carbonyl (C=O) groups is 3. The molecule has 5 nitrogen and oxygen atoms in total. The Labute approximate surface area is 176 Å². The normalized spacial score (nSPS) is 11.6. The van der Waals surface area contributed by atoms with Gasteiger partial charge in [0.1, 0.15) is 0 Å². The molecular weight excluding hydrogens is 390 g/mol. The van der Waals surface area contributed by atoms with E-state index in [9.17, 15) is 14.4 Å². The third kappa shape index (κ3) is 7.70. The molecule has 2 aromatic carbocycles. The van der Waals surface area contributed by atoms with E-state index in [2.05, 4.69) is 12.2 Å². The van der Waals surface area contributed by atoms with Crippen molar-refractivity contribution < 1.29 is 19.1 Å². The van der Waals surface area contributed by atoms with Crippen molar-refractivity contribution >= 4 is 29.3 Å². The predicted octanol–water partition coefficient (Wildman–Crippen LogP) is 4.68. The minimum Gasteiger partial charge on any atom is -0.456 e. The molecule has 1 amide bonds. The quantitative estimate of drug-likeness (QED) is 0.452. The molecule has 0 saturated heterocycles. The zero-order chi connectivity index (χ0) is 21.2. The van der Waals surface area contributed by atoms with Gasteiger partial charge in [-0.15, -0.1) is 0 Å². The molecule has 0 unspecified atom stereocenters. The summed E-state index contributed by atoms with van der Waals surface area (Å²) in [4.78, 5) is 36.0. The maximum atomic E-state index is 12.2. The molecule has 0 bridgehead atoms. The Morgan fingerprint density at radius 3 is 2.45 bits per heavy atom. The summed E-state index contributed by atoms with van der Waals surface area (Å²) in [5.41, 5.74) is 2.61. The molecule has 0 aliphatic heterocycles. The fourth-order valence-corrected chi connectivity index (χ4v) is 3.07. The van der Waals surface area contributed by atoms with Crippen LogP contribution in [0.15, 0.2) is 48.5 Å². The smallest absolute Gasteiger partial charge is 0.306 e. The number of esters is 1. The number of benzene rings is 2. The van der Waals surface area contributed by atoms with E-state index in [4.69, 9.17) is 16.3 Å². The van der Waals surface area contributed by atoms with Gasteiger partial charge in [-0.05, 0) is 36.6 Å². The maximum Gasteiger partial charge on any atom is 0.306 e. The summed E-state index contributed by atoms with van der Waals surface area (Å²) in [6.45, 7) is 3.53. The Morgan fingerprint density at radius 1 is 1.07 bits per heavy atom. The summed E-state index contributed by atoms with van der Waals surface area (Å²) in [5, 5.41) is 3.33. The molecule has 0 radical (unpaired) electrons. The summed E-state index contributed by atoms with van der Waals surface area (Å²) in [7, 11) is 0. The van der Waals surface area contributed by atoms with Gasteiger partial charge in [0.2, 0.25) is 0 Å². The van der Waals surface area contributed by atoms with Crippen molar-refractivity contribution in [1.82, 2.24) is 5.32 Å². The summed E-state index contributed by atoms with van der Waals surface area (Å²) in [6.07, 6.45) is 2.00. The van der Waals surface area contributed by atoms with Gasteiger partial charge in [0.15, 0.2) is 12.4 Å². The van der Waals surface area contributed by atoms with E-state index in [0.717, 1.165) is 18.4 Å². The molecule has 0 fully saturated rings. The van der Waals surface area contributed by atoms with Crippen LogP contribution in [0.25, 0.3) is 0 Å². The van der Waals surface area contributed by atoms with Crippen molar-refractivity contribution in [2.45, 2.75) is 45.6 Å². The second kappa shape index (κ2) is 11.4. The number of carbonyl (C=O) groups excluding carboxylic acids is 3. The summed E-state index contributed by atoms with van der Waals surface area (Å²) < 4.78 is 4.97. The van der Waals surface area contributed by atoms with Gasteiger partial charge in [-0.1, -0.05) is 61.3 Å². The van der Waals surface area contributed by atoms with Crippen LogP contribution in [0.3, 0.4) is 0 Å². The minimum atomic E-state index is -0.577. The van der Waals surface area contributed by atoms with Gasteiger partial charge in [-0.3, -0.25) is 14.4 Å². The molecule has 0 spiro atoms. The van der Waals surface area contributed by atoms with Crippen LogP contribution in [-0.4, -0.2) is 24.3 Å². The number of rotatable bonds is 10. The fraction of sp³-hybridized carbons (Fsp3) is 0.348. The number of aryl methyl sites for hydroxylation is 1. The van der Waals surface area contributed by atoms with Gasteiger partial charge in [0.25, 0.3) is 5.91 Å². The monoisotopic (exact) mass is 415 g/mol. The number of hydrogen-bond acceptors (Lipinski definition) is 4. The number of hydrogen-bond donors (Lipinski definition) is 1. The lowest BCUT2D eigenvalue weighted by Gasteiger charge is -2.14. The SMILES string of the molecule is CCCc1ccc(C(=O)CCC(=O)OCC(=O)N[C@H](C)c2cccc(Cl)c2)cc1. The molecule has 1 atom stereocenters. The Balaban J connectivity index is 1.72. The van der Waals surface area contributed by atoms with Crippen LogP contribution in [0.1, 0.15) is 60.6 Å². The molecule has 29 heavy (non-hydrogen) atoms. The molecule has 0 heterocycles. The molecule has 0 aliphatic carbocycles. The van der Waals surface area contributed by atoms with Gasteiger partial charge in [-0.2, -0.15) is 0 Å². The number of ketones is 1. The number of halogens is 1. The highest BCUT2D eigenvalue weighted by Crippen LogP contribution is 2.17. The maximum absolute atomic E-state index is 12.2. The Hall–Kier alpha value is -2.66. The average molecular weight is 416 g/mol. The minimum absolute atomic E-state index is 0.0481. The first kappa shape index (κ1) is 22.6. The van der Waals surface area contributed by atoms with Gasteiger partial charge in [-0.25, -0.2) is 0 Å². The van der Waals surface area contributed by atoms with Gasteiger partial charge >= 0.3 is 5.97 Å². The van der Waals surface area contributed by atoms with E-state index in [0.29, 0.717) is 10.6 Å². The first-order valence-electron chi connectivity index (χ1n) is 9.71. The first-order chi connectivity index (χ1) is 13.9. The third-order valence-electron chi connectivity index (χ3n) is 4.46. The zero-order valence-electron chi connectivity index (χ0n) is 16.7. The van der Waals surface area contributed by atoms with Crippen LogP contribution in [-0.2, 0) is 20.7 Å². The Bertz CT molecular complexity index is 848. The topological polar surface area (TPSA) is 72.5 Å². The second-order valence-corrected chi connectivity index (χ2v) is 7.31. The van der Waals surface area contributed by atoms with Crippen LogP contribution in [0.2, 0.25) is 5.02 Å². The van der Waals surface area contributed by atoms with E-state index in [-0.39, 0.29) is 31.3 Å². The highest BCUT2D eigenvalue weighted by Gasteiger charge is 2.14. The van der Waals surface area contributed by atoms with Gasteiger partial charge in [0, 0.05) is 17.0 Å². The summed E-state index contributed by atoms with van der Waals surface area (Å²) >= 11 is 5.94. The van der Waals surface area contributed by atoms with Crippen LogP contribution >= 0.6 is 11.6 Å². The first-order valence-corrected chi connectivity index (χ1v) is 10.1. The standard InChI is InChI=1S/C23H26ClNO4/c1-3-5-17-8-10-18(11-9-17)21(26)12-13-23(28)29-15-22(27)25-16(2)19-6-4-7-20(24)14-19/h4,6-11,14,16H,3,5,12-13,15H2,1-2H3,(H,25,27)/t16-/m1/s1. The van der Waals surface area contributed by atoms with Crippen molar-refractivity contribution in [3.05, 3.63) is 70.2 Å². The van der Waals surface area contributed by atoms with E-state index in [1.807, 2.05) is 25.1 Å². The van der Waals surface area contributed by atoms with E-state index in [1.165, 1.54) is 5.56 Å². The Kier molecular flexibility index (Phi) is 8.87. The van der Waals surface area contributed by atoms with Crippen LogP contribution in [0.5, 0.6) is 0 Å². The largest absolute Gasteiger partial charge is 0.456 e. The number of nitrogens with one attached hydrogen (secondary N) is 1. The van der Waals surface area contributed by atoms with Crippen molar-refractivity contribution in [3.63, 3.8) is 0 Å². The molecule has 154 valence electrons. The lowest BCUT2D eigenvalue weighted by molar-refractivity contribution is -0.148. The Morgan fingerprint density at radius 2 is 1.79 bits per heavy atom. The molecule has 0 saturated carbocycles. The van der Waals surface area contributed by atoms with E-state index >= 15 is 0 Å². The van der Waals surface area contributed by atoms with Crippen molar-refractivity contribution in [2.24, 2.45) is 0 Å². The highest BCUT2D eigenvalue weighted by atomic mass is 35.5. The number of Topliss-reactive ketones (excluding diaryl/α,β-unsaturated/α-hetero) is 1. The number of ether oxygens (including phenoxy) is 1.